The van der Waals surface area contributed by atoms with Gasteiger partial charge in [0, 0.05) is 37.2 Å². The number of aryl methyl sites for hydroxylation is 1. The number of fused-ring (bicyclic) bond motifs is 1. The zero-order chi connectivity index (χ0) is 12.2. The third-order valence-corrected chi connectivity index (χ3v) is 2.85. The van der Waals surface area contributed by atoms with Gasteiger partial charge in [0.15, 0.2) is 11.5 Å². The number of imidazole rings is 1. The summed E-state index contributed by atoms with van der Waals surface area (Å²) < 4.78 is 12.7. The molecule has 2 heterocycles. The van der Waals surface area contributed by atoms with Crippen LogP contribution in [0.4, 0.5) is 5.69 Å². The molecule has 5 nitrogen and oxygen atoms in total. The van der Waals surface area contributed by atoms with E-state index in [1.165, 1.54) is 0 Å². The topological polar surface area (TPSA) is 48.3 Å². The molecule has 0 fully saturated rings. The third-order valence-electron chi connectivity index (χ3n) is 2.85. The Bertz CT molecular complexity index is 511. The van der Waals surface area contributed by atoms with E-state index in [4.69, 9.17) is 9.47 Å². The van der Waals surface area contributed by atoms with Crippen molar-refractivity contribution in [1.82, 2.24) is 9.55 Å². The van der Waals surface area contributed by atoms with E-state index >= 15 is 0 Å². The Kier molecular flexibility index (Phi) is 3.04. The van der Waals surface area contributed by atoms with Crippen molar-refractivity contribution in [2.24, 2.45) is 0 Å². The van der Waals surface area contributed by atoms with E-state index in [9.17, 15) is 0 Å². The minimum Gasteiger partial charge on any atom is -0.454 e. The normalized spacial score (nSPS) is 12.7. The molecule has 3 rings (SSSR count). The lowest BCUT2D eigenvalue weighted by Gasteiger charge is -2.07. The fourth-order valence-corrected chi connectivity index (χ4v) is 1.92. The van der Waals surface area contributed by atoms with E-state index in [0.29, 0.717) is 6.79 Å². The fraction of sp³-hybridized carbons (Fsp3) is 0.308. The molecule has 0 amide bonds. The molecular formula is C13H15N3O2. The van der Waals surface area contributed by atoms with Crippen molar-refractivity contribution in [1.29, 1.82) is 0 Å². The van der Waals surface area contributed by atoms with Gasteiger partial charge in [-0.1, -0.05) is 0 Å². The largest absolute Gasteiger partial charge is 0.454 e. The number of aromatic nitrogens is 2. The standard InChI is InChI=1S/C13H15N3O2/c1(6-16-7-5-14-9-16)4-15-11-2-3-12-13(8-11)18-10-17-12/h2-3,5,7-9,15H,1,4,6,10H2. The third kappa shape index (κ3) is 2.40. The zero-order valence-electron chi connectivity index (χ0n) is 10.0. The molecule has 1 N–H and O–H groups in total. The summed E-state index contributed by atoms with van der Waals surface area (Å²) >= 11 is 0. The Morgan fingerprint density at radius 3 is 3.11 bits per heavy atom. The second-order valence-electron chi connectivity index (χ2n) is 4.15. The van der Waals surface area contributed by atoms with E-state index in [1.54, 1.807) is 6.20 Å². The summed E-state index contributed by atoms with van der Waals surface area (Å²) in [6.45, 7) is 2.20. The van der Waals surface area contributed by atoms with Crippen molar-refractivity contribution in [3.05, 3.63) is 36.9 Å². The summed E-state index contributed by atoms with van der Waals surface area (Å²) in [5.74, 6) is 1.63. The Hall–Kier alpha value is -2.17. The quantitative estimate of drug-likeness (QED) is 0.820. The van der Waals surface area contributed by atoms with E-state index in [1.807, 2.05) is 30.7 Å². The Labute approximate surface area is 105 Å². The Morgan fingerprint density at radius 1 is 1.28 bits per heavy atom. The molecule has 0 radical (unpaired) electrons. The van der Waals surface area contributed by atoms with E-state index in [2.05, 4.69) is 14.9 Å². The first-order valence-corrected chi connectivity index (χ1v) is 6.01. The zero-order valence-corrected chi connectivity index (χ0v) is 10.0. The van der Waals surface area contributed by atoms with Crippen molar-refractivity contribution in [3.63, 3.8) is 0 Å². The van der Waals surface area contributed by atoms with Crippen LogP contribution in [0.15, 0.2) is 36.9 Å². The maximum Gasteiger partial charge on any atom is 0.231 e. The molecule has 1 aliphatic heterocycles. The maximum absolute atomic E-state index is 5.33. The van der Waals surface area contributed by atoms with Crippen molar-refractivity contribution in [2.75, 3.05) is 18.7 Å². The van der Waals surface area contributed by atoms with Gasteiger partial charge in [-0.25, -0.2) is 4.98 Å². The van der Waals surface area contributed by atoms with Crippen LogP contribution in [-0.4, -0.2) is 22.9 Å². The summed E-state index contributed by atoms with van der Waals surface area (Å²) in [5, 5.41) is 3.37. The summed E-state index contributed by atoms with van der Waals surface area (Å²) in [7, 11) is 0. The molecule has 0 saturated heterocycles. The van der Waals surface area contributed by atoms with Crippen LogP contribution in [0.3, 0.4) is 0 Å². The SMILES string of the molecule is c1cn(CCCNc2ccc3c(c2)OCO3)cn1. The van der Waals surface area contributed by atoms with Gasteiger partial charge in [-0.15, -0.1) is 0 Å². The van der Waals surface area contributed by atoms with Crippen molar-refractivity contribution in [3.8, 4) is 11.5 Å². The monoisotopic (exact) mass is 245 g/mol. The molecule has 2 aromatic rings. The minimum absolute atomic E-state index is 0.319. The molecule has 1 aromatic carbocycles. The summed E-state index contributed by atoms with van der Waals surface area (Å²) in [4.78, 5) is 4.01. The molecule has 0 unspecified atom stereocenters. The molecule has 0 bridgehead atoms. The molecule has 5 heteroatoms. The highest BCUT2D eigenvalue weighted by molar-refractivity contribution is 5.55. The number of nitrogens with one attached hydrogen (secondary N) is 1. The predicted octanol–water partition coefficient (Wildman–Crippen LogP) is 2.11. The van der Waals surface area contributed by atoms with Crippen LogP contribution in [0, 0.1) is 0 Å². The number of ether oxygens (including phenoxy) is 2. The van der Waals surface area contributed by atoms with Gasteiger partial charge in [-0.3, -0.25) is 0 Å². The number of hydrogen-bond acceptors (Lipinski definition) is 4. The van der Waals surface area contributed by atoms with Gasteiger partial charge in [-0.2, -0.15) is 0 Å². The van der Waals surface area contributed by atoms with Crippen molar-refractivity contribution < 1.29 is 9.47 Å². The average Bonchev–Trinajstić information content (AvgIpc) is 3.05. The predicted molar refractivity (Wildman–Crippen MR) is 67.9 cm³/mol. The molecule has 0 saturated carbocycles. The van der Waals surface area contributed by atoms with Gasteiger partial charge in [0.05, 0.1) is 6.33 Å². The number of anilines is 1. The van der Waals surface area contributed by atoms with E-state index < -0.39 is 0 Å². The second-order valence-corrected chi connectivity index (χ2v) is 4.15. The molecule has 1 aliphatic rings. The lowest BCUT2D eigenvalue weighted by molar-refractivity contribution is 0.174. The second kappa shape index (κ2) is 5.00. The summed E-state index contributed by atoms with van der Waals surface area (Å²) in [6, 6.07) is 5.91. The first-order valence-electron chi connectivity index (χ1n) is 6.01. The first kappa shape index (κ1) is 11.0. The van der Waals surface area contributed by atoms with Crippen LogP contribution in [0.2, 0.25) is 0 Å². The van der Waals surface area contributed by atoms with Gasteiger partial charge in [0.1, 0.15) is 0 Å². The maximum atomic E-state index is 5.33. The van der Waals surface area contributed by atoms with Crippen LogP contribution in [0.5, 0.6) is 11.5 Å². The van der Waals surface area contributed by atoms with Crippen molar-refractivity contribution >= 4 is 5.69 Å². The number of rotatable bonds is 5. The van der Waals surface area contributed by atoms with Gasteiger partial charge in [-0.05, 0) is 18.6 Å². The fourth-order valence-electron chi connectivity index (χ4n) is 1.92. The molecule has 18 heavy (non-hydrogen) atoms. The Morgan fingerprint density at radius 2 is 2.22 bits per heavy atom. The molecule has 1 aromatic heterocycles. The highest BCUT2D eigenvalue weighted by atomic mass is 16.7. The van der Waals surface area contributed by atoms with Crippen LogP contribution in [0.25, 0.3) is 0 Å². The number of nitrogens with zero attached hydrogens (tertiary/aromatic N) is 2. The molecule has 94 valence electrons. The minimum atomic E-state index is 0.319. The first-order chi connectivity index (χ1) is 8.92. The highest BCUT2D eigenvalue weighted by Crippen LogP contribution is 2.34. The smallest absolute Gasteiger partial charge is 0.231 e. The van der Waals surface area contributed by atoms with E-state index in [0.717, 1.165) is 36.7 Å². The highest BCUT2D eigenvalue weighted by Gasteiger charge is 2.12. The lowest BCUT2D eigenvalue weighted by Crippen LogP contribution is -2.05. The van der Waals surface area contributed by atoms with Crippen LogP contribution >= 0.6 is 0 Å². The lowest BCUT2D eigenvalue weighted by atomic mass is 10.2. The van der Waals surface area contributed by atoms with Crippen LogP contribution < -0.4 is 14.8 Å². The van der Waals surface area contributed by atoms with Gasteiger partial charge in [0.2, 0.25) is 6.79 Å². The average molecular weight is 245 g/mol. The van der Waals surface area contributed by atoms with Crippen molar-refractivity contribution in [2.45, 2.75) is 13.0 Å². The number of hydrogen-bond donors (Lipinski definition) is 1. The van der Waals surface area contributed by atoms with Gasteiger partial charge in [0.25, 0.3) is 0 Å². The number of benzene rings is 1. The molecule has 0 aliphatic carbocycles. The Balaban J connectivity index is 1.48. The van der Waals surface area contributed by atoms with Gasteiger partial charge >= 0.3 is 0 Å². The van der Waals surface area contributed by atoms with Gasteiger partial charge < -0.3 is 19.4 Å². The van der Waals surface area contributed by atoms with E-state index in [-0.39, 0.29) is 0 Å². The summed E-state index contributed by atoms with van der Waals surface area (Å²) in [6.07, 6.45) is 6.65. The molecular weight excluding hydrogens is 230 g/mol. The summed E-state index contributed by atoms with van der Waals surface area (Å²) in [5.41, 5.74) is 1.06. The van der Waals surface area contributed by atoms with Crippen LogP contribution in [0.1, 0.15) is 6.42 Å². The molecule has 0 atom stereocenters. The molecule has 0 spiro atoms. The van der Waals surface area contributed by atoms with Crippen LogP contribution in [-0.2, 0) is 6.54 Å².